The van der Waals surface area contributed by atoms with Gasteiger partial charge in [-0.05, 0) is 32.7 Å². The summed E-state index contributed by atoms with van der Waals surface area (Å²) in [5, 5.41) is 3.43. The Balaban J connectivity index is 2.00. The summed E-state index contributed by atoms with van der Waals surface area (Å²) in [5.41, 5.74) is 0. The van der Waals surface area contributed by atoms with E-state index in [1.165, 1.54) is 32.2 Å². The number of nitrogens with zero attached hydrogens (tertiary/aromatic N) is 1. The van der Waals surface area contributed by atoms with Crippen molar-refractivity contribution in [3.63, 3.8) is 0 Å². The first kappa shape index (κ1) is 7.34. The van der Waals surface area contributed by atoms with E-state index in [-0.39, 0.29) is 6.02 Å². The summed E-state index contributed by atoms with van der Waals surface area (Å²) in [6.45, 7) is 4.33. The molecule has 0 aromatic heterocycles. The van der Waals surface area contributed by atoms with E-state index in [0.29, 0.717) is 6.17 Å². The van der Waals surface area contributed by atoms with Crippen molar-refractivity contribution < 1.29 is 1.37 Å². The lowest BCUT2D eigenvalue weighted by Crippen LogP contribution is -2.54. The van der Waals surface area contributed by atoms with Crippen molar-refractivity contribution in [3.8, 4) is 0 Å². The van der Waals surface area contributed by atoms with Crippen LogP contribution < -0.4 is 5.32 Å². The van der Waals surface area contributed by atoms with Crippen LogP contribution in [0.1, 0.15) is 40.4 Å². The van der Waals surface area contributed by atoms with Gasteiger partial charge in [-0.3, -0.25) is 10.2 Å². The van der Waals surface area contributed by atoms with Crippen molar-refractivity contribution in [2.75, 3.05) is 13.1 Å². The fraction of sp³-hybridized carbons (Fsp3) is 1.00. The molecule has 0 aromatic carbocycles. The topological polar surface area (TPSA) is 15.3 Å². The number of hydrogen-bond donors (Lipinski definition) is 1. The maximum Gasteiger partial charge on any atom is 0.0599 e. The third kappa shape index (κ3) is 1.80. The van der Waals surface area contributed by atoms with Gasteiger partial charge in [0, 0.05) is 13.9 Å². The molecule has 2 saturated heterocycles. The number of rotatable bonds is 0. The van der Waals surface area contributed by atoms with Crippen LogP contribution in [0.25, 0.3) is 0 Å². The molecule has 2 nitrogen and oxygen atoms in total. The second kappa shape index (κ2) is 3.75. The van der Waals surface area contributed by atoms with Crippen molar-refractivity contribution >= 4 is 0 Å². The average Bonchev–Trinajstić information content (AvgIpc) is 2.27. The maximum atomic E-state index is 7.98. The van der Waals surface area contributed by atoms with E-state index in [2.05, 4.69) is 10.2 Å². The Morgan fingerprint density at radius 1 is 1.25 bits per heavy atom. The molecule has 2 aliphatic heterocycles. The number of nitrogens with one attached hydrogen (secondary N) is 1. The molecule has 1 unspecified atom stereocenters. The van der Waals surface area contributed by atoms with Gasteiger partial charge in [0.25, 0.3) is 0 Å². The molecule has 0 aliphatic carbocycles. The van der Waals surface area contributed by atoms with Gasteiger partial charge in [-0.1, -0.05) is 12.8 Å². The molecule has 0 saturated carbocycles. The van der Waals surface area contributed by atoms with Crippen LogP contribution in [0.5, 0.6) is 0 Å². The Labute approximate surface area is 76.7 Å². The Hall–Kier alpha value is -0.0800. The molecule has 2 fully saturated rings. The Morgan fingerprint density at radius 2 is 2.17 bits per heavy atom. The predicted octanol–water partition coefficient (Wildman–Crippen LogP) is 1.57. The first-order valence-corrected chi connectivity index (χ1v) is 5.19. The molecule has 2 aliphatic rings. The van der Waals surface area contributed by atoms with Gasteiger partial charge in [-0.25, -0.2) is 0 Å². The lowest BCUT2D eigenvalue weighted by molar-refractivity contribution is 0.110. The van der Waals surface area contributed by atoms with Crippen LogP contribution in [0.3, 0.4) is 0 Å². The molecule has 0 spiro atoms. The summed E-state index contributed by atoms with van der Waals surface area (Å²) >= 11 is 0. The standard InChI is InChI=1S/C10H20N2/c1-9-6-8-12-7-4-2-3-5-10(12)11-9/h9-11H,2-8H2,1H3/t9-,10?/m1/s1/i9D. The summed E-state index contributed by atoms with van der Waals surface area (Å²) in [6.07, 6.45) is 6.71. The van der Waals surface area contributed by atoms with Crippen molar-refractivity contribution in [1.29, 1.82) is 0 Å². The third-order valence-corrected chi connectivity index (χ3v) is 3.05. The normalized spacial score (nSPS) is 46.1. The van der Waals surface area contributed by atoms with Crippen LogP contribution in [0.2, 0.25) is 0 Å². The van der Waals surface area contributed by atoms with Crippen LogP contribution in [-0.2, 0) is 0 Å². The van der Waals surface area contributed by atoms with Gasteiger partial charge in [-0.2, -0.15) is 0 Å². The first-order chi connectivity index (χ1) is 6.17. The monoisotopic (exact) mass is 169 g/mol. The molecule has 2 atom stereocenters. The lowest BCUT2D eigenvalue weighted by Gasteiger charge is -2.38. The number of fused-ring (bicyclic) bond motifs is 1. The molecule has 2 rings (SSSR count). The summed E-state index contributed by atoms with van der Waals surface area (Å²) in [6, 6.07) is -0.383. The molecule has 2 heteroatoms. The molecule has 0 aromatic rings. The predicted molar refractivity (Wildman–Crippen MR) is 51.0 cm³/mol. The molecule has 2 heterocycles. The fourth-order valence-electron chi connectivity index (χ4n) is 2.27. The minimum absolute atomic E-state index is 0.383. The van der Waals surface area contributed by atoms with Gasteiger partial charge >= 0.3 is 0 Å². The number of hydrogen-bond acceptors (Lipinski definition) is 2. The van der Waals surface area contributed by atoms with Crippen LogP contribution in [0.4, 0.5) is 0 Å². The smallest absolute Gasteiger partial charge is 0.0599 e. The Morgan fingerprint density at radius 3 is 3.08 bits per heavy atom. The highest BCUT2D eigenvalue weighted by atomic mass is 15.3. The summed E-state index contributed by atoms with van der Waals surface area (Å²) < 4.78 is 7.98. The summed E-state index contributed by atoms with van der Waals surface area (Å²) in [7, 11) is 0. The van der Waals surface area contributed by atoms with Crippen molar-refractivity contribution in [1.82, 2.24) is 10.2 Å². The third-order valence-electron chi connectivity index (χ3n) is 3.05. The largest absolute Gasteiger partial charge is 0.299 e. The highest BCUT2D eigenvalue weighted by Gasteiger charge is 2.25. The van der Waals surface area contributed by atoms with Gasteiger partial charge in [-0.15, -0.1) is 0 Å². The highest BCUT2D eigenvalue weighted by molar-refractivity contribution is 4.81. The molecule has 12 heavy (non-hydrogen) atoms. The van der Waals surface area contributed by atoms with E-state index in [1.54, 1.807) is 0 Å². The molecular formula is C10H20N2. The molecule has 1 N–H and O–H groups in total. The molecule has 70 valence electrons. The van der Waals surface area contributed by atoms with Crippen molar-refractivity contribution in [2.45, 2.75) is 51.2 Å². The van der Waals surface area contributed by atoms with Crippen LogP contribution in [-0.4, -0.2) is 30.2 Å². The molecule has 0 amide bonds. The van der Waals surface area contributed by atoms with Gasteiger partial charge in [0.2, 0.25) is 0 Å². The highest BCUT2D eigenvalue weighted by Crippen LogP contribution is 2.19. The zero-order chi connectivity index (χ0) is 9.31. The first-order valence-electron chi connectivity index (χ1n) is 5.69. The second-order valence-electron chi connectivity index (χ2n) is 4.08. The van der Waals surface area contributed by atoms with E-state index < -0.39 is 0 Å². The Kier molecular flexibility index (Phi) is 2.29. The lowest BCUT2D eigenvalue weighted by atomic mass is 10.1. The van der Waals surface area contributed by atoms with Gasteiger partial charge in [0.1, 0.15) is 0 Å². The average molecular weight is 169 g/mol. The zero-order valence-corrected chi connectivity index (χ0v) is 7.97. The van der Waals surface area contributed by atoms with Crippen LogP contribution in [0, 0.1) is 0 Å². The van der Waals surface area contributed by atoms with Gasteiger partial charge in [0.15, 0.2) is 0 Å². The summed E-state index contributed by atoms with van der Waals surface area (Å²) in [5.74, 6) is 0. The van der Waals surface area contributed by atoms with E-state index in [1.807, 2.05) is 6.92 Å². The van der Waals surface area contributed by atoms with Gasteiger partial charge in [0.05, 0.1) is 6.17 Å². The van der Waals surface area contributed by atoms with E-state index in [4.69, 9.17) is 1.37 Å². The SMILES string of the molecule is [2H][C@@]1(C)CCN2CCCCCC2N1. The van der Waals surface area contributed by atoms with Crippen molar-refractivity contribution in [3.05, 3.63) is 0 Å². The fourth-order valence-corrected chi connectivity index (χ4v) is 2.27. The van der Waals surface area contributed by atoms with Crippen LogP contribution >= 0.6 is 0 Å². The van der Waals surface area contributed by atoms with Gasteiger partial charge < -0.3 is 0 Å². The van der Waals surface area contributed by atoms with E-state index >= 15 is 0 Å². The summed E-state index contributed by atoms with van der Waals surface area (Å²) in [4.78, 5) is 2.52. The molecule has 0 radical (unpaired) electrons. The molecule has 0 bridgehead atoms. The zero-order valence-electron chi connectivity index (χ0n) is 8.97. The quantitative estimate of drug-likeness (QED) is 0.592. The van der Waals surface area contributed by atoms with Crippen molar-refractivity contribution in [2.24, 2.45) is 0 Å². The molecular weight excluding hydrogens is 148 g/mol. The minimum atomic E-state index is -0.383. The van der Waals surface area contributed by atoms with Crippen LogP contribution in [0.15, 0.2) is 0 Å². The van der Waals surface area contributed by atoms with E-state index in [0.717, 1.165) is 13.0 Å². The second-order valence-corrected chi connectivity index (χ2v) is 4.08. The minimum Gasteiger partial charge on any atom is -0.299 e. The maximum absolute atomic E-state index is 7.98. The Bertz CT molecular complexity index is 182. The van der Waals surface area contributed by atoms with E-state index in [9.17, 15) is 0 Å².